The van der Waals surface area contributed by atoms with Gasteiger partial charge in [0.2, 0.25) is 21.8 Å². The molecule has 14 nitrogen and oxygen atoms in total. The molecule has 0 aromatic heterocycles. The van der Waals surface area contributed by atoms with Crippen LogP contribution in [0.3, 0.4) is 0 Å². The van der Waals surface area contributed by atoms with Crippen LogP contribution < -0.4 is 15.4 Å². The van der Waals surface area contributed by atoms with Crippen molar-refractivity contribution in [1.82, 2.24) is 20.3 Å². The number of oxime groups is 1. The summed E-state index contributed by atoms with van der Waals surface area (Å²) in [4.78, 5) is 65.7. The van der Waals surface area contributed by atoms with Gasteiger partial charge < -0.3 is 29.8 Å². The molecule has 2 aromatic rings. The van der Waals surface area contributed by atoms with Crippen molar-refractivity contribution in [3.05, 3.63) is 71.8 Å². The summed E-state index contributed by atoms with van der Waals surface area (Å²) in [6.07, 6.45) is 13.0. The summed E-state index contributed by atoms with van der Waals surface area (Å²) in [6, 6.07) is 13.2. The average Bonchev–Trinajstić information content (AvgIpc) is 4.10. The largest absolute Gasteiger partial charge is 0.446 e. The molecule has 6 aliphatic rings. The zero-order valence-electron chi connectivity index (χ0n) is 35.0. The van der Waals surface area contributed by atoms with Gasteiger partial charge >= 0.3 is 6.09 Å². The minimum atomic E-state index is -3.91. The minimum Gasteiger partial charge on any atom is -0.446 e. The number of allylic oxidation sites excluding steroid dienone is 1. The monoisotopic (exact) mass is 857 g/mol. The van der Waals surface area contributed by atoms with Crippen LogP contribution >= 0.6 is 0 Å². The number of rotatable bonds is 13. The van der Waals surface area contributed by atoms with Gasteiger partial charge in [0.05, 0.1) is 11.3 Å². The molecule has 4 fully saturated rings. The van der Waals surface area contributed by atoms with Crippen molar-refractivity contribution < 1.29 is 41.9 Å². The molecule has 61 heavy (non-hydrogen) atoms. The van der Waals surface area contributed by atoms with Crippen LogP contribution in [0.1, 0.15) is 120 Å². The molecule has 328 valence electrons. The quantitative estimate of drug-likeness (QED) is 0.105. The lowest BCUT2D eigenvalue weighted by Gasteiger charge is -2.34. The normalized spacial score (nSPS) is 28.2. The fraction of sp³-hybridized carbons (Fsp3) is 0.587. The third-order valence-corrected chi connectivity index (χ3v) is 15.1. The Balaban J connectivity index is 1.14. The van der Waals surface area contributed by atoms with Gasteiger partial charge in [0.1, 0.15) is 35.5 Å². The van der Waals surface area contributed by atoms with E-state index in [1.54, 1.807) is 12.0 Å². The first-order chi connectivity index (χ1) is 29.6. The number of methoxy groups -OCH3 is 1. The lowest BCUT2D eigenvalue weighted by atomic mass is 10.0. The highest BCUT2D eigenvalue weighted by molar-refractivity contribution is 7.91. The van der Waals surface area contributed by atoms with Gasteiger partial charge in [-0.05, 0) is 88.2 Å². The first-order valence-electron chi connectivity index (χ1n) is 22.4. The van der Waals surface area contributed by atoms with E-state index in [0.717, 1.165) is 73.6 Å². The van der Waals surface area contributed by atoms with Crippen LogP contribution in [0.15, 0.2) is 65.8 Å². The van der Waals surface area contributed by atoms with Gasteiger partial charge in [-0.25, -0.2) is 13.2 Å². The van der Waals surface area contributed by atoms with E-state index in [1.807, 2.05) is 60.7 Å². The number of fused-ring (bicyclic) bond motifs is 5. The molecule has 15 heteroatoms. The number of sulfonamides is 1. The average molecular weight is 858 g/mol. The summed E-state index contributed by atoms with van der Waals surface area (Å²) in [6.45, 7) is 0.579. The molecule has 1 saturated heterocycles. The highest BCUT2D eigenvalue weighted by Crippen LogP contribution is 2.46. The van der Waals surface area contributed by atoms with E-state index in [0.29, 0.717) is 57.3 Å². The molecule has 0 radical (unpaired) electrons. The number of alkyl carbamates (subject to hydrolysis) is 1. The van der Waals surface area contributed by atoms with Crippen LogP contribution in [0.4, 0.5) is 4.79 Å². The van der Waals surface area contributed by atoms with Gasteiger partial charge in [-0.1, -0.05) is 91.5 Å². The highest BCUT2D eigenvalue weighted by atomic mass is 32.2. The van der Waals surface area contributed by atoms with Crippen molar-refractivity contribution in [3.8, 4) is 11.1 Å². The lowest BCUT2D eigenvalue weighted by Crippen LogP contribution is -2.59. The number of unbranched alkanes of at least 4 members (excludes halogenated alkanes) is 2. The number of nitrogens with one attached hydrogen (secondary N) is 3. The second kappa shape index (κ2) is 18.7. The summed E-state index contributed by atoms with van der Waals surface area (Å²) in [5, 5.41) is 10.1. The van der Waals surface area contributed by atoms with E-state index in [4.69, 9.17) is 19.5 Å². The summed E-state index contributed by atoms with van der Waals surface area (Å²) in [7, 11) is -2.26. The molecule has 8 rings (SSSR count). The number of benzene rings is 2. The van der Waals surface area contributed by atoms with Crippen molar-refractivity contribution in [2.45, 2.75) is 150 Å². The van der Waals surface area contributed by atoms with Crippen LogP contribution in [0.2, 0.25) is 0 Å². The molecule has 2 heterocycles. The fourth-order valence-corrected chi connectivity index (χ4v) is 11.0. The van der Waals surface area contributed by atoms with Crippen LogP contribution in [0.5, 0.6) is 0 Å². The lowest BCUT2D eigenvalue weighted by molar-refractivity contribution is -0.143. The van der Waals surface area contributed by atoms with Crippen molar-refractivity contribution in [2.75, 3.05) is 13.7 Å². The first-order valence-corrected chi connectivity index (χ1v) is 23.9. The second-order valence-corrected chi connectivity index (χ2v) is 19.6. The maximum absolute atomic E-state index is 15.2. The smallest absolute Gasteiger partial charge is 0.408 e. The number of carbonyl (C=O) groups excluding carboxylic acids is 4. The van der Waals surface area contributed by atoms with E-state index < -0.39 is 74.8 Å². The van der Waals surface area contributed by atoms with Crippen molar-refractivity contribution >= 4 is 39.5 Å². The molecule has 3 N–H and O–H groups in total. The number of amides is 4. The maximum atomic E-state index is 15.2. The fourth-order valence-electron chi connectivity index (χ4n) is 9.67. The van der Waals surface area contributed by atoms with Gasteiger partial charge in [-0.15, -0.1) is 0 Å². The first kappa shape index (κ1) is 42.9. The molecule has 0 bridgehead atoms. The Hall–Kier alpha value is -4.76. The molecule has 2 aliphatic heterocycles. The van der Waals surface area contributed by atoms with E-state index in [1.165, 1.54) is 0 Å². The van der Waals surface area contributed by atoms with Crippen LogP contribution in [0.25, 0.3) is 11.1 Å². The van der Waals surface area contributed by atoms with Gasteiger partial charge in [-0.2, -0.15) is 0 Å². The number of carbonyl (C=O) groups is 4. The SMILES string of the molecule is COCCCCC[C@H]1[C@H](ON=C2c3ccccc3-c3ccccc32)CC2C(=O)NC3(C(=O)NS(=O)(=O)C4CC4)CC3/C=C\CCCCCC(NC(=O)OC3CCCC3)C(=O)N21. The van der Waals surface area contributed by atoms with Crippen molar-refractivity contribution in [1.29, 1.82) is 0 Å². The minimum absolute atomic E-state index is 0.0538. The molecular formula is C46H59N5O9S. The van der Waals surface area contributed by atoms with Crippen molar-refractivity contribution in [2.24, 2.45) is 11.1 Å². The highest BCUT2D eigenvalue weighted by Gasteiger charge is 2.62. The van der Waals surface area contributed by atoms with E-state index in [9.17, 15) is 22.8 Å². The number of hydrogen-bond acceptors (Lipinski definition) is 10. The molecular weight excluding hydrogens is 799 g/mol. The Bertz CT molecular complexity index is 2090. The zero-order valence-corrected chi connectivity index (χ0v) is 35.8. The van der Waals surface area contributed by atoms with Gasteiger partial charge in [0.15, 0.2) is 0 Å². The molecule has 4 unspecified atom stereocenters. The summed E-state index contributed by atoms with van der Waals surface area (Å²) >= 11 is 0. The zero-order chi connectivity index (χ0) is 42.6. The molecule has 3 saturated carbocycles. The predicted molar refractivity (Wildman–Crippen MR) is 229 cm³/mol. The summed E-state index contributed by atoms with van der Waals surface area (Å²) in [5.74, 6) is -2.23. The second-order valence-electron chi connectivity index (χ2n) is 17.6. The molecule has 2 aromatic carbocycles. The Morgan fingerprint density at radius 1 is 0.885 bits per heavy atom. The van der Waals surface area contributed by atoms with Crippen LogP contribution in [0, 0.1) is 5.92 Å². The maximum Gasteiger partial charge on any atom is 0.408 e. The van der Waals surface area contributed by atoms with E-state index >= 15 is 4.79 Å². The number of ether oxygens (including phenoxy) is 2. The third kappa shape index (κ3) is 9.52. The predicted octanol–water partition coefficient (Wildman–Crippen LogP) is 6.02. The molecule has 0 spiro atoms. The Morgan fingerprint density at radius 3 is 2.26 bits per heavy atom. The van der Waals surface area contributed by atoms with E-state index in [-0.39, 0.29) is 18.9 Å². The van der Waals surface area contributed by atoms with Crippen LogP contribution in [-0.4, -0.2) is 97.7 Å². The van der Waals surface area contributed by atoms with Crippen LogP contribution in [-0.2, 0) is 38.7 Å². The van der Waals surface area contributed by atoms with Gasteiger partial charge in [-0.3, -0.25) is 19.1 Å². The molecule has 4 aliphatic carbocycles. The third-order valence-electron chi connectivity index (χ3n) is 13.3. The summed E-state index contributed by atoms with van der Waals surface area (Å²) in [5.41, 5.74) is 3.02. The van der Waals surface area contributed by atoms with Crippen molar-refractivity contribution in [3.63, 3.8) is 0 Å². The molecule has 6 atom stereocenters. The van der Waals surface area contributed by atoms with E-state index in [2.05, 4.69) is 15.4 Å². The Morgan fingerprint density at radius 2 is 1.57 bits per heavy atom. The van der Waals surface area contributed by atoms with Gasteiger partial charge in [0.25, 0.3) is 5.91 Å². The Labute approximate surface area is 358 Å². The summed E-state index contributed by atoms with van der Waals surface area (Å²) < 4.78 is 39.5. The number of hydrogen-bond donors (Lipinski definition) is 3. The standard InChI is InChI=1S/C46H59N5O9S/c1-58-27-15-5-8-24-38-40(60-49-41-35-21-13-11-19-33(35)34-20-12-14-22-36(34)41)28-39-42(52)48-46(44(54)50-61(56,57)32-25-26-32)29-30(46)16-6-3-2-4-7-23-37(43(53)51(38)39)47-45(55)59-31-17-9-10-18-31/h6,11-14,16,19-22,30-32,37-40H,2-5,7-10,15,17-18,23-29H2,1H3,(H,47,55)(H,48,52)(H,50,54)/b16-6-/t30?,37?,38-,39?,40+,46?/m0/s1. The number of nitrogens with zero attached hydrogens (tertiary/aromatic N) is 2. The molecule has 4 amide bonds. The van der Waals surface area contributed by atoms with Gasteiger partial charge in [0, 0.05) is 37.2 Å². The Kier molecular flexibility index (Phi) is 13.2. The topological polar surface area (TPSA) is 182 Å².